The van der Waals surface area contributed by atoms with Gasteiger partial charge < -0.3 is 10.2 Å². The van der Waals surface area contributed by atoms with Crippen LogP contribution in [0.4, 0.5) is 0 Å². The molecule has 1 aliphatic rings. The van der Waals surface area contributed by atoms with Crippen molar-refractivity contribution in [2.45, 2.75) is 25.8 Å². The minimum Gasteiger partial charge on any atom is -0.342 e. The molecule has 1 amide bonds. The van der Waals surface area contributed by atoms with E-state index >= 15 is 0 Å². The van der Waals surface area contributed by atoms with Crippen LogP contribution in [-0.4, -0.2) is 30.4 Å². The molecule has 0 aromatic heterocycles. The first-order chi connectivity index (χ1) is 8.75. The zero-order valence-electron chi connectivity index (χ0n) is 10.5. The van der Waals surface area contributed by atoms with Crippen LogP contribution in [0.3, 0.4) is 0 Å². The number of nitrogens with one attached hydrogen (secondary N) is 1. The van der Waals surface area contributed by atoms with Crippen LogP contribution in [-0.2, 0) is 11.3 Å². The first-order valence-electron chi connectivity index (χ1n) is 6.48. The summed E-state index contributed by atoms with van der Waals surface area (Å²) in [6.45, 7) is 2.96. The Hall–Kier alpha value is -1.06. The summed E-state index contributed by atoms with van der Waals surface area (Å²) in [5.41, 5.74) is 1.14. The van der Waals surface area contributed by atoms with Gasteiger partial charge in [0.25, 0.3) is 0 Å². The number of halogens is 1. The Morgan fingerprint density at radius 2 is 1.83 bits per heavy atom. The van der Waals surface area contributed by atoms with Gasteiger partial charge in [-0.1, -0.05) is 23.7 Å². The van der Waals surface area contributed by atoms with Crippen LogP contribution >= 0.6 is 11.6 Å². The van der Waals surface area contributed by atoms with Crippen LogP contribution in [0.25, 0.3) is 0 Å². The zero-order valence-corrected chi connectivity index (χ0v) is 11.2. The highest BCUT2D eigenvalue weighted by Crippen LogP contribution is 2.10. The fourth-order valence-electron chi connectivity index (χ4n) is 2.17. The molecule has 1 saturated heterocycles. The lowest BCUT2D eigenvalue weighted by Crippen LogP contribution is -2.40. The van der Waals surface area contributed by atoms with E-state index in [4.69, 9.17) is 11.6 Å². The molecule has 1 N–H and O–H groups in total. The molecular weight excluding hydrogens is 248 g/mol. The molecule has 4 heteroatoms. The Kier molecular flexibility index (Phi) is 5.02. The summed E-state index contributed by atoms with van der Waals surface area (Å²) in [4.78, 5) is 13.8. The highest BCUT2D eigenvalue weighted by atomic mass is 35.5. The lowest BCUT2D eigenvalue weighted by molar-refractivity contribution is -0.131. The van der Waals surface area contributed by atoms with Crippen molar-refractivity contribution in [2.75, 3.05) is 19.6 Å². The maximum absolute atomic E-state index is 11.9. The van der Waals surface area contributed by atoms with Crippen molar-refractivity contribution < 1.29 is 4.79 Å². The van der Waals surface area contributed by atoms with Crippen molar-refractivity contribution in [3.63, 3.8) is 0 Å². The number of hydrogen-bond acceptors (Lipinski definition) is 2. The van der Waals surface area contributed by atoms with E-state index in [2.05, 4.69) is 5.32 Å². The number of piperidine rings is 1. The van der Waals surface area contributed by atoms with E-state index < -0.39 is 0 Å². The molecule has 18 heavy (non-hydrogen) atoms. The van der Waals surface area contributed by atoms with Gasteiger partial charge in [-0.2, -0.15) is 0 Å². The first-order valence-corrected chi connectivity index (χ1v) is 6.86. The smallest absolute Gasteiger partial charge is 0.236 e. The van der Waals surface area contributed by atoms with E-state index in [0.717, 1.165) is 36.5 Å². The van der Waals surface area contributed by atoms with Crippen LogP contribution in [0.2, 0.25) is 5.02 Å². The fraction of sp³-hybridized carbons (Fsp3) is 0.500. The highest BCUT2D eigenvalue weighted by Gasteiger charge is 2.15. The molecule has 0 aliphatic carbocycles. The second-order valence-corrected chi connectivity index (χ2v) is 5.11. The van der Waals surface area contributed by atoms with Crippen molar-refractivity contribution in [3.8, 4) is 0 Å². The SMILES string of the molecule is O=C(CNCc1ccc(Cl)cc1)N1CCCCC1. The van der Waals surface area contributed by atoms with Gasteiger partial charge in [0.15, 0.2) is 0 Å². The Labute approximate surface area is 113 Å². The Balaban J connectivity index is 1.71. The van der Waals surface area contributed by atoms with Crippen LogP contribution in [0.1, 0.15) is 24.8 Å². The summed E-state index contributed by atoms with van der Waals surface area (Å²) in [7, 11) is 0. The molecule has 0 bridgehead atoms. The van der Waals surface area contributed by atoms with E-state index in [1.165, 1.54) is 6.42 Å². The topological polar surface area (TPSA) is 32.3 Å². The van der Waals surface area contributed by atoms with Gasteiger partial charge in [0, 0.05) is 24.7 Å². The minimum atomic E-state index is 0.212. The van der Waals surface area contributed by atoms with Crippen LogP contribution in [0.5, 0.6) is 0 Å². The number of carbonyl (C=O) groups excluding carboxylic acids is 1. The standard InChI is InChI=1S/C14H19ClN2O/c15-13-6-4-12(5-7-13)10-16-11-14(18)17-8-2-1-3-9-17/h4-7,16H,1-3,8-11H2. The van der Waals surface area contributed by atoms with Gasteiger partial charge in [0.2, 0.25) is 5.91 Å². The molecule has 0 radical (unpaired) electrons. The second-order valence-electron chi connectivity index (χ2n) is 4.67. The van der Waals surface area contributed by atoms with Gasteiger partial charge in [0.1, 0.15) is 0 Å². The van der Waals surface area contributed by atoms with Crippen molar-refractivity contribution in [1.29, 1.82) is 0 Å². The van der Waals surface area contributed by atoms with Crippen LogP contribution in [0, 0.1) is 0 Å². The molecule has 0 atom stereocenters. The van der Waals surface area contributed by atoms with Gasteiger partial charge in [-0.25, -0.2) is 0 Å². The summed E-state index contributed by atoms with van der Waals surface area (Å²) >= 11 is 5.82. The van der Waals surface area contributed by atoms with E-state index in [-0.39, 0.29) is 5.91 Å². The Morgan fingerprint density at radius 3 is 2.50 bits per heavy atom. The molecule has 0 saturated carbocycles. The summed E-state index contributed by atoms with van der Waals surface area (Å²) in [5.74, 6) is 0.212. The van der Waals surface area contributed by atoms with Crippen molar-refractivity contribution >= 4 is 17.5 Å². The second kappa shape index (κ2) is 6.76. The van der Waals surface area contributed by atoms with E-state index in [1.807, 2.05) is 29.2 Å². The predicted molar refractivity (Wildman–Crippen MR) is 73.6 cm³/mol. The van der Waals surface area contributed by atoms with Crippen LogP contribution in [0.15, 0.2) is 24.3 Å². The fourth-order valence-corrected chi connectivity index (χ4v) is 2.30. The van der Waals surface area contributed by atoms with Crippen molar-refractivity contribution in [1.82, 2.24) is 10.2 Å². The predicted octanol–water partition coefficient (Wildman–Crippen LogP) is 2.44. The molecule has 1 fully saturated rings. The number of benzene rings is 1. The summed E-state index contributed by atoms with van der Waals surface area (Å²) in [6.07, 6.45) is 3.54. The average Bonchev–Trinajstić information content (AvgIpc) is 2.42. The van der Waals surface area contributed by atoms with E-state index in [9.17, 15) is 4.79 Å². The lowest BCUT2D eigenvalue weighted by atomic mass is 10.1. The average molecular weight is 267 g/mol. The molecule has 1 aromatic carbocycles. The van der Waals surface area contributed by atoms with Crippen LogP contribution < -0.4 is 5.32 Å². The van der Waals surface area contributed by atoms with Gasteiger partial charge in [-0.05, 0) is 37.0 Å². The molecule has 2 rings (SSSR count). The number of amides is 1. The molecular formula is C14H19ClN2O. The van der Waals surface area contributed by atoms with Gasteiger partial charge in [-0.15, -0.1) is 0 Å². The number of hydrogen-bond donors (Lipinski definition) is 1. The molecule has 0 spiro atoms. The minimum absolute atomic E-state index is 0.212. The Morgan fingerprint density at radius 1 is 1.17 bits per heavy atom. The number of likely N-dealkylation sites (tertiary alicyclic amines) is 1. The van der Waals surface area contributed by atoms with Gasteiger partial charge in [-0.3, -0.25) is 4.79 Å². The highest BCUT2D eigenvalue weighted by molar-refractivity contribution is 6.30. The molecule has 1 aromatic rings. The molecule has 3 nitrogen and oxygen atoms in total. The maximum Gasteiger partial charge on any atom is 0.236 e. The summed E-state index contributed by atoms with van der Waals surface area (Å²) in [6, 6.07) is 7.68. The summed E-state index contributed by atoms with van der Waals surface area (Å²) in [5, 5.41) is 3.92. The third-order valence-corrected chi connectivity index (χ3v) is 3.48. The third kappa shape index (κ3) is 4.00. The Bertz CT molecular complexity index is 385. The van der Waals surface area contributed by atoms with Crippen molar-refractivity contribution in [2.24, 2.45) is 0 Å². The van der Waals surface area contributed by atoms with Gasteiger partial charge >= 0.3 is 0 Å². The molecule has 1 aliphatic heterocycles. The molecule has 98 valence electrons. The lowest BCUT2D eigenvalue weighted by Gasteiger charge is -2.26. The molecule has 0 unspecified atom stereocenters. The molecule has 1 heterocycles. The van der Waals surface area contributed by atoms with E-state index in [0.29, 0.717) is 13.1 Å². The van der Waals surface area contributed by atoms with E-state index in [1.54, 1.807) is 0 Å². The zero-order chi connectivity index (χ0) is 12.8. The number of carbonyl (C=O) groups is 1. The first kappa shape index (κ1) is 13.4. The normalized spacial score (nSPS) is 15.7. The third-order valence-electron chi connectivity index (χ3n) is 3.23. The van der Waals surface area contributed by atoms with Gasteiger partial charge in [0.05, 0.1) is 6.54 Å². The summed E-state index contributed by atoms with van der Waals surface area (Å²) < 4.78 is 0. The maximum atomic E-state index is 11.9. The monoisotopic (exact) mass is 266 g/mol. The number of nitrogens with zero attached hydrogens (tertiary/aromatic N) is 1. The number of rotatable bonds is 4. The van der Waals surface area contributed by atoms with Crippen molar-refractivity contribution in [3.05, 3.63) is 34.9 Å². The largest absolute Gasteiger partial charge is 0.342 e. The quantitative estimate of drug-likeness (QED) is 0.908.